The highest BCUT2D eigenvalue weighted by molar-refractivity contribution is 7.72. The van der Waals surface area contributed by atoms with Gasteiger partial charge in [0.2, 0.25) is 0 Å². The predicted molar refractivity (Wildman–Crippen MR) is 57.2 cm³/mol. The molecule has 16 heavy (non-hydrogen) atoms. The zero-order valence-corrected chi connectivity index (χ0v) is 10.8. The molecule has 8 N–H and O–H groups in total. The molecule has 0 amide bonds. The largest absolute Gasteiger partial charge is 0.369 e. The van der Waals surface area contributed by atoms with Gasteiger partial charge in [0.25, 0.3) is 5.08 Å². The fourth-order valence-electron chi connectivity index (χ4n) is 0.835. The van der Waals surface area contributed by atoms with E-state index in [2.05, 4.69) is 0 Å². The van der Waals surface area contributed by atoms with Crippen molar-refractivity contribution < 1.29 is 33.8 Å². The van der Waals surface area contributed by atoms with E-state index < -0.39 is 26.7 Å². The number of nitrogens with zero attached hydrogens (tertiary/aromatic N) is 1. The lowest BCUT2D eigenvalue weighted by Crippen LogP contribution is -2.32. The molecular weight excluding hydrogens is 262 g/mol. The van der Waals surface area contributed by atoms with Gasteiger partial charge in [0.05, 0.1) is 0 Å². The molecule has 11 heteroatoms. The molecule has 0 fully saturated rings. The highest BCUT2D eigenvalue weighted by Crippen LogP contribution is 2.68. The zero-order chi connectivity index (χ0) is 12.5. The van der Waals surface area contributed by atoms with Crippen LogP contribution in [0.15, 0.2) is 0 Å². The lowest BCUT2D eigenvalue weighted by atomic mass is 10.4. The van der Waals surface area contributed by atoms with E-state index in [1.807, 2.05) is 0 Å². The van der Waals surface area contributed by atoms with Gasteiger partial charge in [0.15, 0.2) is 0 Å². The number of rotatable bonds is 5. The van der Waals surface area contributed by atoms with E-state index >= 15 is 0 Å². The van der Waals surface area contributed by atoms with Crippen LogP contribution in [0.3, 0.4) is 0 Å². The third-order valence-electron chi connectivity index (χ3n) is 1.83. The minimum Gasteiger partial charge on any atom is -0.367 e. The molecule has 100 valence electrons. The normalized spacial score (nSPS) is 13.8. The highest BCUT2D eigenvalue weighted by atomic mass is 31.2. The van der Waals surface area contributed by atoms with E-state index in [0.717, 1.165) is 0 Å². The molecule has 0 aromatic carbocycles. The molecule has 0 aliphatic carbocycles. The summed E-state index contributed by atoms with van der Waals surface area (Å²) in [6, 6.07) is 0. The third kappa shape index (κ3) is 4.21. The van der Waals surface area contributed by atoms with Crippen molar-refractivity contribution in [1.29, 1.82) is 0 Å². The summed E-state index contributed by atoms with van der Waals surface area (Å²) in [5, 5.41) is 6.08. The van der Waals surface area contributed by atoms with Crippen LogP contribution < -0.4 is 6.15 Å². The van der Waals surface area contributed by atoms with Crippen molar-refractivity contribution in [3.8, 4) is 0 Å². The Bertz CT molecular complexity index is 286. The molecule has 0 rings (SSSR count). The molecule has 0 saturated heterocycles. The van der Waals surface area contributed by atoms with Crippen molar-refractivity contribution in [3.05, 3.63) is 0 Å². The Morgan fingerprint density at radius 1 is 1.06 bits per heavy atom. The first-order valence-electron chi connectivity index (χ1n) is 3.90. The first-order valence-corrected chi connectivity index (χ1v) is 7.12. The van der Waals surface area contributed by atoms with Crippen molar-refractivity contribution >= 4 is 15.2 Å². The first-order chi connectivity index (χ1) is 6.42. The van der Waals surface area contributed by atoms with Crippen LogP contribution in [0.4, 0.5) is 0 Å². The molecule has 0 aromatic heterocycles. The smallest absolute Gasteiger partial charge is 0.367 e. The van der Waals surface area contributed by atoms with Crippen LogP contribution in [-0.4, -0.2) is 55.3 Å². The Hall–Kier alpha value is 0.180. The van der Waals surface area contributed by atoms with Crippen molar-refractivity contribution in [3.63, 3.8) is 0 Å². The minimum atomic E-state index is -5.30. The predicted octanol–water partition coefficient (Wildman–Crippen LogP) is -0.898. The lowest BCUT2D eigenvalue weighted by molar-refractivity contribution is 0.115. The zero-order valence-electron chi connectivity index (χ0n) is 9.02. The Morgan fingerprint density at radius 3 is 1.56 bits per heavy atom. The van der Waals surface area contributed by atoms with Gasteiger partial charge in [-0.05, 0) is 14.1 Å². The monoisotopic (exact) mass is 280 g/mol. The first kappa shape index (κ1) is 18.5. The summed E-state index contributed by atoms with van der Waals surface area (Å²) < 4.78 is 21.7. The maximum Gasteiger partial charge on any atom is 0.369 e. The average Bonchev–Trinajstić information content (AvgIpc) is 1.95. The maximum absolute atomic E-state index is 10.8. The number of hydrogen-bond acceptors (Lipinski definition) is 5. The van der Waals surface area contributed by atoms with Gasteiger partial charge in [-0.25, -0.2) is 0 Å². The van der Waals surface area contributed by atoms with Gasteiger partial charge in [0.1, 0.15) is 0 Å². The van der Waals surface area contributed by atoms with E-state index in [0.29, 0.717) is 0 Å². The van der Waals surface area contributed by atoms with Gasteiger partial charge in [-0.15, -0.1) is 0 Å². The highest BCUT2D eigenvalue weighted by Gasteiger charge is 2.58. The summed E-state index contributed by atoms with van der Waals surface area (Å²) in [6.45, 7) is -0.0628. The standard InChI is InChI=1S/C5H15NO7P2.H3N/c1-6(2)4-3-5(7,14(8,9)10)15(11,12)13;/h7H,3-4H2,1-2H3,(H2,8,9,10)(H2,11,12,13);1H3. The van der Waals surface area contributed by atoms with E-state index in [1.165, 1.54) is 4.90 Å². The van der Waals surface area contributed by atoms with E-state index in [1.54, 1.807) is 14.1 Å². The summed E-state index contributed by atoms with van der Waals surface area (Å²) in [6.07, 6.45) is -0.714. The molecule has 0 spiro atoms. The Balaban J connectivity index is 0. The fourth-order valence-corrected chi connectivity index (χ4v) is 2.97. The second-order valence-electron chi connectivity index (χ2n) is 3.42. The van der Waals surface area contributed by atoms with E-state index in [9.17, 15) is 14.2 Å². The van der Waals surface area contributed by atoms with Gasteiger partial charge in [-0.3, -0.25) is 9.13 Å². The van der Waals surface area contributed by atoms with Crippen molar-refractivity contribution in [2.24, 2.45) is 0 Å². The lowest BCUT2D eigenvalue weighted by Gasteiger charge is -2.30. The molecular formula is C5H18N2O7P2. The quantitative estimate of drug-likeness (QED) is 0.349. The second kappa shape index (κ2) is 5.68. The van der Waals surface area contributed by atoms with Gasteiger partial charge >= 0.3 is 15.2 Å². The Morgan fingerprint density at radius 2 is 1.38 bits per heavy atom. The van der Waals surface area contributed by atoms with Gasteiger partial charge in [-0.2, -0.15) is 0 Å². The van der Waals surface area contributed by atoms with Crippen molar-refractivity contribution in [2.45, 2.75) is 11.5 Å². The molecule has 0 radical (unpaired) electrons. The van der Waals surface area contributed by atoms with Crippen molar-refractivity contribution in [1.82, 2.24) is 11.1 Å². The number of aliphatic hydroxyl groups is 1. The molecule has 0 aromatic rings. The van der Waals surface area contributed by atoms with Crippen molar-refractivity contribution in [2.75, 3.05) is 20.6 Å². The number of hydrogen-bond donors (Lipinski definition) is 6. The third-order valence-corrected chi connectivity index (χ3v) is 5.70. The topological polar surface area (TPSA) is 174 Å². The van der Waals surface area contributed by atoms with E-state index in [-0.39, 0.29) is 12.7 Å². The average molecular weight is 280 g/mol. The van der Waals surface area contributed by atoms with Gasteiger partial charge in [0, 0.05) is 13.0 Å². The van der Waals surface area contributed by atoms with Crippen LogP contribution in [0.2, 0.25) is 0 Å². The molecule has 0 unspecified atom stereocenters. The summed E-state index contributed by atoms with van der Waals surface area (Å²) in [5.74, 6) is 0. The van der Waals surface area contributed by atoms with E-state index in [4.69, 9.17) is 19.6 Å². The van der Waals surface area contributed by atoms with Gasteiger partial charge in [-0.1, -0.05) is 0 Å². The van der Waals surface area contributed by atoms with Gasteiger partial charge < -0.3 is 35.7 Å². The summed E-state index contributed by atoms with van der Waals surface area (Å²) in [5.41, 5.74) is 0. The molecule has 0 saturated carbocycles. The fraction of sp³-hybridized carbons (Fsp3) is 1.00. The Labute approximate surface area is 93.0 Å². The van der Waals surface area contributed by atoms with Crippen LogP contribution in [0.1, 0.15) is 6.42 Å². The minimum absolute atomic E-state index is 0. The Kier molecular flexibility index (Phi) is 6.58. The summed E-state index contributed by atoms with van der Waals surface area (Å²) in [4.78, 5) is 36.4. The molecule has 0 bridgehead atoms. The molecule has 0 atom stereocenters. The summed E-state index contributed by atoms with van der Waals surface area (Å²) >= 11 is 0. The van der Waals surface area contributed by atoms with Crippen LogP contribution in [0, 0.1) is 0 Å². The molecule has 0 aliphatic heterocycles. The molecule has 0 aliphatic rings. The second-order valence-corrected chi connectivity index (χ2v) is 7.42. The van der Waals surface area contributed by atoms with Crippen LogP contribution in [0.25, 0.3) is 0 Å². The molecule has 9 nitrogen and oxygen atoms in total. The molecule has 0 heterocycles. The van der Waals surface area contributed by atoms with Crippen LogP contribution in [-0.2, 0) is 9.13 Å². The SMILES string of the molecule is CN(C)CCC(O)(P(=O)(O)O)P(=O)(O)O.N. The maximum atomic E-state index is 10.8. The summed E-state index contributed by atoms with van der Waals surface area (Å²) in [7, 11) is -7.52. The van der Waals surface area contributed by atoms with Crippen LogP contribution >= 0.6 is 15.2 Å². The van der Waals surface area contributed by atoms with Crippen LogP contribution in [0.5, 0.6) is 0 Å².